The van der Waals surface area contributed by atoms with Crippen LogP contribution in [0.3, 0.4) is 0 Å². The van der Waals surface area contributed by atoms with Crippen LogP contribution in [0.1, 0.15) is 11.5 Å². The van der Waals surface area contributed by atoms with E-state index in [9.17, 15) is 8.78 Å². The summed E-state index contributed by atoms with van der Waals surface area (Å²) in [6, 6.07) is 13.5. The van der Waals surface area contributed by atoms with Crippen molar-refractivity contribution in [3.8, 4) is 17.2 Å². The zero-order valence-electron chi connectivity index (χ0n) is 11.7. The fourth-order valence-corrected chi connectivity index (χ4v) is 2.18. The molecular formula is C16H11ClF2N2O2. The van der Waals surface area contributed by atoms with E-state index in [2.05, 4.69) is 14.9 Å². The van der Waals surface area contributed by atoms with E-state index in [1.54, 1.807) is 30.3 Å². The second-order valence-corrected chi connectivity index (χ2v) is 5.12. The van der Waals surface area contributed by atoms with Crippen LogP contribution in [0, 0.1) is 0 Å². The first-order chi connectivity index (χ1) is 11.1. The SMILES string of the molecule is FC(F)Oc1ccccc1-c1nnc(Cc2ccc(Cl)cc2)o1. The summed E-state index contributed by atoms with van der Waals surface area (Å²) in [6.07, 6.45) is 0.419. The van der Waals surface area contributed by atoms with Gasteiger partial charge in [-0.1, -0.05) is 35.9 Å². The highest BCUT2D eigenvalue weighted by molar-refractivity contribution is 6.30. The first-order valence-corrected chi connectivity index (χ1v) is 7.10. The lowest BCUT2D eigenvalue weighted by Gasteiger charge is -2.07. The van der Waals surface area contributed by atoms with Gasteiger partial charge in [-0.05, 0) is 29.8 Å². The van der Waals surface area contributed by atoms with Crippen molar-refractivity contribution in [2.45, 2.75) is 13.0 Å². The largest absolute Gasteiger partial charge is 0.434 e. The molecule has 1 aromatic heterocycles. The third-order valence-electron chi connectivity index (χ3n) is 3.07. The molecule has 0 saturated heterocycles. The van der Waals surface area contributed by atoms with E-state index in [0.717, 1.165) is 5.56 Å². The normalized spacial score (nSPS) is 11.0. The van der Waals surface area contributed by atoms with E-state index in [1.165, 1.54) is 6.07 Å². The second-order valence-electron chi connectivity index (χ2n) is 4.68. The molecule has 0 aliphatic carbocycles. The monoisotopic (exact) mass is 336 g/mol. The average molecular weight is 337 g/mol. The van der Waals surface area contributed by atoms with Crippen molar-refractivity contribution in [3.63, 3.8) is 0 Å². The van der Waals surface area contributed by atoms with Crippen molar-refractivity contribution < 1.29 is 17.9 Å². The fraction of sp³-hybridized carbons (Fsp3) is 0.125. The Morgan fingerprint density at radius 3 is 2.52 bits per heavy atom. The van der Waals surface area contributed by atoms with Crippen LogP contribution in [0.2, 0.25) is 5.02 Å². The standard InChI is InChI=1S/C16H11ClF2N2O2/c17-11-7-5-10(6-8-11)9-14-20-21-15(23-14)12-3-1-2-4-13(12)22-16(18)19/h1-8,16H,9H2. The van der Waals surface area contributed by atoms with Gasteiger partial charge in [-0.15, -0.1) is 10.2 Å². The van der Waals surface area contributed by atoms with Crippen molar-refractivity contribution in [1.29, 1.82) is 0 Å². The summed E-state index contributed by atoms with van der Waals surface area (Å²) in [5, 5.41) is 8.48. The lowest BCUT2D eigenvalue weighted by Crippen LogP contribution is -2.03. The summed E-state index contributed by atoms with van der Waals surface area (Å²) in [5.74, 6) is 0.489. The van der Waals surface area contributed by atoms with Gasteiger partial charge in [-0.25, -0.2) is 0 Å². The molecule has 3 rings (SSSR count). The molecule has 0 aliphatic rings. The van der Waals surface area contributed by atoms with Crippen LogP contribution in [0.15, 0.2) is 52.9 Å². The van der Waals surface area contributed by atoms with Gasteiger partial charge in [0.05, 0.1) is 12.0 Å². The number of hydrogen-bond donors (Lipinski definition) is 0. The minimum Gasteiger partial charge on any atom is -0.434 e. The number of hydrogen-bond acceptors (Lipinski definition) is 4. The minimum absolute atomic E-state index is 0.0100. The van der Waals surface area contributed by atoms with Gasteiger partial charge in [0, 0.05) is 5.02 Å². The van der Waals surface area contributed by atoms with E-state index in [0.29, 0.717) is 22.9 Å². The Morgan fingerprint density at radius 2 is 1.78 bits per heavy atom. The van der Waals surface area contributed by atoms with Crippen molar-refractivity contribution in [3.05, 3.63) is 65.0 Å². The molecule has 0 unspecified atom stereocenters. The molecule has 4 nitrogen and oxygen atoms in total. The third-order valence-corrected chi connectivity index (χ3v) is 3.32. The summed E-state index contributed by atoms with van der Waals surface area (Å²) < 4.78 is 34.9. The summed E-state index contributed by atoms with van der Waals surface area (Å²) in [4.78, 5) is 0. The molecule has 0 radical (unpaired) electrons. The van der Waals surface area contributed by atoms with Crippen LogP contribution in [-0.4, -0.2) is 16.8 Å². The van der Waals surface area contributed by atoms with Crippen molar-refractivity contribution in [2.75, 3.05) is 0 Å². The Labute approximate surface area is 135 Å². The van der Waals surface area contributed by atoms with Crippen LogP contribution in [0.25, 0.3) is 11.5 Å². The maximum atomic E-state index is 12.4. The fourth-order valence-electron chi connectivity index (χ4n) is 2.05. The third kappa shape index (κ3) is 3.84. The Bertz CT molecular complexity index is 791. The first kappa shape index (κ1) is 15.4. The first-order valence-electron chi connectivity index (χ1n) is 6.73. The number of nitrogens with zero attached hydrogens (tertiary/aromatic N) is 2. The molecule has 0 bridgehead atoms. The number of halogens is 3. The number of alkyl halides is 2. The molecule has 0 saturated carbocycles. The predicted octanol–water partition coefficient (Wildman–Crippen LogP) is 4.58. The summed E-state index contributed by atoms with van der Waals surface area (Å²) in [5.41, 5.74) is 1.27. The van der Waals surface area contributed by atoms with Gasteiger partial charge in [0.1, 0.15) is 5.75 Å². The van der Waals surface area contributed by atoms with E-state index in [1.807, 2.05) is 12.1 Å². The zero-order chi connectivity index (χ0) is 16.2. The molecular weight excluding hydrogens is 326 g/mol. The van der Waals surface area contributed by atoms with Gasteiger partial charge in [-0.2, -0.15) is 8.78 Å². The number of ether oxygens (including phenoxy) is 1. The summed E-state index contributed by atoms with van der Waals surface area (Å²) in [7, 11) is 0. The molecule has 3 aromatic rings. The Hall–Kier alpha value is -2.47. The Morgan fingerprint density at radius 1 is 1.04 bits per heavy atom. The van der Waals surface area contributed by atoms with Crippen molar-refractivity contribution in [1.82, 2.24) is 10.2 Å². The van der Waals surface area contributed by atoms with Gasteiger partial charge in [0.25, 0.3) is 5.89 Å². The topological polar surface area (TPSA) is 48.2 Å². The van der Waals surface area contributed by atoms with Crippen LogP contribution < -0.4 is 4.74 Å². The maximum absolute atomic E-state index is 12.4. The van der Waals surface area contributed by atoms with Gasteiger partial charge in [-0.3, -0.25) is 0 Å². The quantitative estimate of drug-likeness (QED) is 0.684. The van der Waals surface area contributed by atoms with Crippen molar-refractivity contribution in [2.24, 2.45) is 0 Å². The maximum Gasteiger partial charge on any atom is 0.387 e. The van der Waals surface area contributed by atoms with E-state index < -0.39 is 6.61 Å². The molecule has 0 amide bonds. The van der Waals surface area contributed by atoms with Gasteiger partial charge >= 0.3 is 6.61 Å². The van der Waals surface area contributed by atoms with Crippen molar-refractivity contribution >= 4 is 11.6 Å². The molecule has 0 spiro atoms. The molecule has 1 heterocycles. The lowest BCUT2D eigenvalue weighted by molar-refractivity contribution is -0.0495. The van der Waals surface area contributed by atoms with Gasteiger partial charge in [0.2, 0.25) is 5.89 Å². The number of rotatable bonds is 5. The minimum atomic E-state index is -2.92. The summed E-state index contributed by atoms with van der Waals surface area (Å²) >= 11 is 5.83. The second kappa shape index (κ2) is 6.75. The molecule has 23 heavy (non-hydrogen) atoms. The Kier molecular flexibility index (Phi) is 4.52. The Balaban J connectivity index is 1.83. The zero-order valence-corrected chi connectivity index (χ0v) is 12.5. The smallest absolute Gasteiger partial charge is 0.387 e. The lowest BCUT2D eigenvalue weighted by atomic mass is 10.1. The number of benzene rings is 2. The average Bonchev–Trinajstić information content (AvgIpc) is 2.98. The highest BCUT2D eigenvalue weighted by Crippen LogP contribution is 2.30. The van der Waals surface area contributed by atoms with E-state index in [4.69, 9.17) is 16.0 Å². The van der Waals surface area contributed by atoms with Gasteiger partial charge < -0.3 is 9.15 Å². The molecule has 2 aromatic carbocycles. The van der Waals surface area contributed by atoms with Gasteiger partial charge in [0.15, 0.2) is 0 Å². The molecule has 0 N–H and O–H groups in total. The predicted molar refractivity (Wildman–Crippen MR) is 80.6 cm³/mol. The highest BCUT2D eigenvalue weighted by atomic mass is 35.5. The molecule has 0 atom stereocenters. The van der Waals surface area contributed by atoms with Crippen LogP contribution in [-0.2, 0) is 6.42 Å². The van der Waals surface area contributed by atoms with E-state index >= 15 is 0 Å². The van der Waals surface area contributed by atoms with Crippen LogP contribution in [0.4, 0.5) is 8.78 Å². The molecule has 118 valence electrons. The molecule has 0 fully saturated rings. The summed E-state index contributed by atoms with van der Waals surface area (Å²) in [6.45, 7) is -2.92. The van der Waals surface area contributed by atoms with E-state index in [-0.39, 0.29) is 11.6 Å². The molecule has 7 heteroatoms. The van der Waals surface area contributed by atoms with Crippen LogP contribution >= 0.6 is 11.6 Å². The highest BCUT2D eigenvalue weighted by Gasteiger charge is 2.16. The number of para-hydroxylation sites is 1. The number of aromatic nitrogens is 2. The molecule has 0 aliphatic heterocycles. The van der Waals surface area contributed by atoms with Crippen LogP contribution in [0.5, 0.6) is 5.75 Å².